The minimum absolute atomic E-state index is 0.0853. The molecule has 3 aromatic rings. The number of hydrogen-bond acceptors (Lipinski definition) is 7. The second kappa shape index (κ2) is 17.1. The molecular formula is C38H51N3O4S2. The maximum Gasteiger partial charge on any atom is 0.321 e. The number of hydrogen-bond donors (Lipinski definition) is 3. The average molecular weight is 678 g/mol. The summed E-state index contributed by atoms with van der Waals surface area (Å²) in [5.41, 5.74) is 5.95. The lowest BCUT2D eigenvalue weighted by molar-refractivity contribution is -0.132. The van der Waals surface area contributed by atoms with E-state index < -0.39 is 6.23 Å². The molecule has 1 fully saturated rings. The van der Waals surface area contributed by atoms with Gasteiger partial charge in [-0.1, -0.05) is 69.2 Å². The van der Waals surface area contributed by atoms with Crippen LogP contribution in [0.3, 0.4) is 0 Å². The van der Waals surface area contributed by atoms with Gasteiger partial charge in [0.05, 0.1) is 25.4 Å². The number of unbranched alkanes of at least 4 members (excludes halogenated alkanes) is 1. The van der Waals surface area contributed by atoms with Crippen molar-refractivity contribution >= 4 is 42.1 Å². The quantitative estimate of drug-likeness (QED) is 0.124. The largest absolute Gasteiger partial charge is 0.378 e. The maximum absolute atomic E-state index is 13.4. The number of nitrogens with zero attached hydrogens (tertiary/aromatic N) is 1. The first-order valence-electron chi connectivity index (χ1n) is 17.0. The molecule has 3 aromatic carbocycles. The molecule has 5 atom stereocenters. The Labute approximate surface area is 291 Å². The molecular weight excluding hydrogens is 627 g/mol. The zero-order valence-corrected chi connectivity index (χ0v) is 30.0. The number of nitrogens with one attached hydrogen (secondary N) is 2. The third-order valence-corrected chi connectivity index (χ3v) is 11.2. The summed E-state index contributed by atoms with van der Waals surface area (Å²) in [6.07, 6.45) is 6.30. The molecule has 2 N–H and O–H groups in total. The molecule has 2 heterocycles. The average Bonchev–Trinajstić information content (AvgIpc) is 3.24. The van der Waals surface area contributed by atoms with Crippen molar-refractivity contribution in [1.29, 1.82) is 0 Å². The van der Waals surface area contributed by atoms with Crippen molar-refractivity contribution in [2.45, 2.75) is 94.6 Å². The molecule has 47 heavy (non-hydrogen) atoms. The van der Waals surface area contributed by atoms with E-state index >= 15 is 0 Å². The van der Waals surface area contributed by atoms with Crippen molar-refractivity contribution < 1.29 is 18.5 Å². The minimum Gasteiger partial charge on any atom is -0.378 e. The normalized spacial score (nSPS) is 24.2. The highest BCUT2D eigenvalue weighted by Gasteiger charge is 2.37. The van der Waals surface area contributed by atoms with Crippen LogP contribution in [0.25, 0.3) is 0 Å². The van der Waals surface area contributed by atoms with E-state index in [4.69, 9.17) is 13.7 Å². The summed E-state index contributed by atoms with van der Waals surface area (Å²) in [5, 5.41) is 6.13. The summed E-state index contributed by atoms with van der Waals surface area (Å²) in [4.78, 5) is 16.9. The summed E-state index contributed by atoms with van der Waals surface area (Å²) in [6, 6.07) is 25.1. The smallest absolute Gasteiger partial charge is 0.321 e. The van der Waals surface area contributed by atoms with Gasteiger partial charge in [0.2, 0.25) is 0 Å². The van der Waals surface area contributed by atoms with Crippen molar-refractivity contribution in [1.82, 2.24) is 5.32 Å². The summed E-state index contributed by atoms with van der Waals surface area (Å²) < 4.78 is 17.5. The third-order valence-electron chi connectivity index (χ3n) is 9.65. The van der Waals surface area contributed by atoms with Crippen LogP contribution >= 0.6 is 24.7 Å². The van der Waals surface area contributed by atoms with Crippen molar-refractivity contribution in [3.05, 3.63) is 89.5 Å². The number of fused-ring (bicyclic) bond motifs is 1. The molecule has 254 valence electrons. The maximum atomic E-state index is 13.4. The number of ether oxygens (including phenoxy) is 2. The molecule has 5 rings (SSSR count). The number of urea groups is 1. The number of thioether (sulfide) groups is 1. The van der Waals surface area contributed by atoms with Gasteiger partial charge in [-0.3, -0.25) is 0 Å². The standard InChI is InChI=1S/C38H51N3O4S2/c1-5-7-18-38(6-2)23-34(33-20-30(41(3)4)16-17-35(33)47-26-38)28-14-11-15-29(19-28)39-37(42)40-36-22-31(21-32(45-36)25-44-46)43-24-27-12-9-8-10-13-27/h8-17,19-20,31-32,34,36,46H,5-7,18,21-26H2,1-4H3,(H2,39,40,42)/t31?,32?,34-,36?,38+/m1/s1. The molecule has 0 bridgehead atoms. The van der Waals surface area contributed by atoms with E-state index in [1.807, 2.05) is 48.2 Å². The topological polar surface area (TPSA) is 72.1 Å². The van der Waals surface area contributed by atoms with Crippen LogP contribution in [0.2, 0.25) is 0 Å². The molecule has 2 aliphatic rings. The van der Waals surface area contributed by atoms with E-state index in [0.717, 1.165) is 29.8 Å². The van der Waals surface area contributed by atoms with Gasteiger partial charge in [0.25, 0.3) is 0 Å². The molecule has 2 aliphatic heterocycles. The van der Waals surface area contributed by atoms with Crippen LogP contribution in [0.15, 0.2) is 77.7 Å². The SMILES string of the molecule is CCCC[C@]1(CC)CSc2ccc(N(C)C)cc2[C@@H](c2cccc(NC(=O)NC3CC(OCc4ccccc4)CC(COS)O3)c2)C1. The first kappa shape index (κ1) is 35.6. The predicted octanol–water partition coefficient (Wildman–Crippen LogP) is 9.04. The van der Waals surface area contributed by atoms with Crippen molar-refractivity contribution in [2.75, 3.05) is 36.7 Å². The fraction of sp³-hybridized carbons (Fsp3) is 0.500. The van der Waals surface area contributed by atoms with E-state index in [0.29, 0.717) is 26.1 Å². The molecule has 1 saturated heterocycles. The van der Waals surface area contributed by atoms with E-state index in [-0.39, 0.29) is 29.6 Å². The molecule has 9 heteroatoms. The molecule has 0 aromatic heterocycles. The van der Waals surface area contributed by atoms with Gasteiger partial charge in [-0.25, -0.2) is 4.79 Å². The first-order chi connectivity index (χ1) is 22.8. The van der Waals surface area contributed by atoms with Gasteiger partial charge >= 0.3 is 6.03 Å². The number of benzene rings is 3. The van der Waals surface area contributed by atoms with Gasteiger partial charge < -0.3 is 29.2 Å². The van der Waals surface area contributed by atoms with Crippen LogP contribution in [-0.2, 0) is 20.3 Å². The summed E-state index contributed by atoms with van der Waals surface area (Å²) in [7, 11) is 4.20. The van der Waals surface area contributed by atoms with Gasteiger partial charge in [0, 0.05) is 54.9 Å². The first-order valence-corrected chi connectivity index (χ1v) is 18.4. The number of rotatable bonds is 13. The van der Waals surface area contributed by atoms with Crippen molar-refractivity contribution in [2.24, 2.45) is 5.41 Å². The van der Waals surface area contributed by atoms with E-state index in [1.165, 1.54) is 41.0 Å². The van der Waals surface area contributed by atoms with Crippen molar-refractivity contribution in [3.63, 3.8) is 0 Å². The number of carbonyl (C=O) groups excluding carboxylic acids is 1. The zero-order chi connectivity index (χ0) is 33.2. The lowest BCUT2D eigenvalue weighted by Crippen LogP contribution is -2.48. The van der Waals surface area contributed by atoms with Gasteiger partial charge in [-0.2, -0.15) is 0 Å². The Morgan fingerprint density at radius 1 is 1.06 bits per heavy atom. The van der Waals surface area contributed by atoms with Crippen LogP contribution in [-0.4, -0.2) is 50.9 Å². The van der Waals surface area contributed by atoms with Crippen LogP contribution in [0.1, 0.15) is 81.4 Å². The Morgan fingerprint density at radius 3 is 2.64 bits per heavy atom. The summed E-state index contributed by atoms with van der Waals surface area (Å²) in [5.74, 6) is 1.36. The summed E-state index contributed by atoms with van der Waals surface area (Å²) >= 11 is 5.95. The van der Waals surface area contributed by atoms with E-state index in [2.05, 4.69) is 92.8 Å². The van der Waals surface area contributed by atoms with Gasteiger partial charge in [-0.05, 0) is 84.6 Å². The third kappa shape index (κ3) is 9.70. The predicted molar refractivity (Wildman–Crippen MR) is 197 cm³/mol. The second-order valence-electron chi connectivity index (χ2n) is 13.3. The monoisotopic (exact) mass is 677 g/mol. The fourth-order valence-electron chi connectivity index (χ4n) is 6.82. The van der Waals surface area contributed by atoms with Crippen LogP contribution in [0, 0.1) is 5.41 Å². The molecule has 0 aliphatic carbocycles. The Balaban J connectivity index is 1.31. The molecule has 0 spiro atoms. The van der Waals surface area contributed by atoms with Crippen molar-refractivity contribution in [3.8, 4) is 0 Å². The highest BCUT2D eigenvalue weighted by Crippen LogP contribution is 2.51. The zero-order valence-electron chi connectivity index (χ0n) is 28.2. The van der Waals surface area contributed by atoms with E-state index in [1.54, 1.807) is 0 Å². The minimum atomic E-state index is -0.514. The number of amides is 2. The molecule has 0 radical (unpaired) electrons. The Kier molecular flexibility index (Phi) is 13.0. The highest BCUT2D eigenvalue weighted by molar-refractivity contribution is 7.99. The Hall–Kier alpha value is -2.69. The van der Waals surface area contributed by atoms with Gasteiger partial charge in [-0.15, -0.1) is 11.8 Å². The number of thiol groups is 1. The Bertz CT molecular complexity index is 1440. The number of carbonyl (C=O) groups is 1. The molecule has 3 unspecified atom stereocenters. The second-order valence-corrected chi connectivity index (χ2v) is 14.6. The van der Waals surface area contributed by atoms with Gasteiger partial charge in [0.15, 0.2) is 0 Å². The van der Waals surface area contributed by atoms with Crippen LogP contribution in [0.5, 0.6) is 0 Å². The lowest BCUT2D eigenvalue weighted by atomic mass is 9.71. The van der Waals surface area contributed by atoms with E-state index in [9.17, 15) is 4.79 Å². The van der Waals surface area contributed by atoms with Crippen LogP contribution < -0.4 is 15.5 Å². The van der Waals surface area contributed by atoms with Gasteiger partial charge in [0.1, 0.15) is 6.23 Å². The molecule has 2 amide bonds. The fourth-order valence-corrected chi connectivity index (χ4v) is 8.45. The Morgan fingerprint density at radius 2 is 1.89 bits per heavy atom. The number of anilines is 2. The highest BCUT2D eigenvalue weighted by atomic mass is 32.2. The molecule has 0 saturated carbocycles. The van der Waals surface area contributed by atoms with Crippen LogP contribution in [0.4, 0.5) is 16.2 Å². The molecule has 7 nitrogen and oxygen atoms in total. The lowest BCUT2D eigenvalue weighted by Gasteiger charge is -2.35. The summed E-state index contributed by atoms with van der Waals surface area (Å²) in [6.45, 7) is 5.45.